The van der Waals surface area contributed by atoms with E-state index >= 15 is 0 Å². The summed E-state index contributed by atoms with van der Waals surface area (Å²) in [6.07, 6.45) is 3.33. The van der Waals surface area contributed by atoms with Crippen LogP contribution in [0.5, 0.6) is 0 Å². The Morgan fingerprint density at radius 2 is 1.92 bits per heavy atom. The third-order valence-electron chi connectivity index (χ3n) is 1.56. The fourth-order valence-electron chi connectivity index (χ4n) is 0.791. The minimum absolute atomic E-state index is 0.523. The predicted octanol–water partition coefficient (Wildman–Crippen LogP) is 3.05. The van der Waals surface area contributed by atoms with Gasteiger partial charge in [-0.1, -0.05) is 20.3 Å². The van der Waals surface area contributed by atoms with Gasteiger partial charge in [-0.15, -0.1) is 0 Å². The summed E-state index contributed by atoms with van der Waals surface area (Å²) in [5, 5.41) is 0. The summed E-state index contributed by atoms with van der Waals surface area (Å²) in [5.41, 5.74) is 0. The molecule has 4 heteroatoms. The van der Waals surface area contributed by atoms with Gasteiger partial charge in [-0.3, -0.25) is 4.57 Å². The first-order valence-corrected chi connectivity index (χ1v) is 6.20. The van der Waals surface area contributed by atoms with E-state index in [9.17, 15) is 4.57 Å². The van der Waals surface area contributed by atoms with Gasteiger partial charge < -0.3 is 9.05 Å². The van der Waals surface area contributed by atoms with Gasteiger partial charge in [-0.05, 0) is 12.8 Å². The monoisotopic (exact) mass is 194 g/mol. The van der Waals surface area contributed by atoms with Crippen LogP contribution in [0.3, 0.4) is 0 Å². The summed E-state index contributed by atoms with van der Waals surface area (Å²) in [6, 6.07) is 0. The molecule has 1 unspecified atom stereocenters. The van der Waals surface area contributed by atoms with Crippen molar-refractivity contribution in [3.05, 3.63) is 0 Å². The smallest absolute Gasteiger partial charge is 0.312 e. The molecule has 0 amide bonds. The van der Waals surface area contributed by atoms with Gasteiger partial charge in [0.05, 0.1) is 12.8 Å². The van der Waals surface area contributed by atoms with Gasteiger partial charge in [-0.2, -0.15) is 0 Å². The van der Waals surface area contributed by atoms with Crippen LogP contribution in [0.2, 0.25) is 0 Å². The van der Waals surface area contributed by atoms with Gasteiger partial charge in [0.1, 0.15) is 0 Å². The Bertz CT molecular complexity index is 135. The first-order valence-electron chi connectivity index (χ1n) is 4.48. The zero-order chi connectivity index (χ0) is 9.45. The quantitative estimate of drug-likeness (QED) is 0.584. The van der Waals surface area contributed by atoms with Crippen molar-refractivity contribution in [2.75, 3.05) is 19.9 Å². The van der Waals surface area contributed by atoms with Crippen molar-refractivity contribution < 1.29 is 13.6 Å². The average Bonchev–Trinajstić information content (AvgIpc) is 2.11. The first kappa shape index (κ1) is 12.2. The second-order valence-corrected chi connectivity index (χ2v) is 5.00. The van der Waals surface area contributed by atoms with Crippen LogP contribution in [0.4, 0.5) is 0 Å². The molecule has 12 heavy (non-hydrogen) atoms. The molecule has 74 valence electrons. The molecule has 0 aliphatic carbocycles. The van der Waals surface area contributed by atoms with Crippen molar-refractivity contribution in [2.24, 2.45) is 0 Å². The molecule has 0 spiro atoms. The maximum Gasteiger partial charge on any atom is 0.330 e. The van der Waals surface area contributed by atoms with E-state index in [1.807, 2.05) is 6.92 Å². The third-order valence-corrected chi connectivity index (χ3v) is 3.55. The number of rotatable bonds is 7. The van der Waals surface area contributed by atoms with Crippen molar-refractivity contribution >= 4 is 7.60 Å². The molecule has 0 fully saturated rings. The molecule has 0 aromatic rings. The van der Waals surface area contributed by atoms with Crippen LogP contribution in [0.1, 0.15) is 33.1 Å². The molecule has 0 saturated heterocycles. The Kier molecular flexibility index (Phi) is 6.73. The molecule has 0 radical (unpaired) electrons. The Morgan fingerprint density at radius 1 is 1.25 bits per heavy atom. The molecule has 0 aromatic heterocycles. The van der Waals surface area contributed by atoms with Gasteiger partial charge >= 0.3 is 7.60 Å². The second-order valence-electron chi connectivity index (χ2n) is 2.70. The fraction of sp³-hybridized carbons (Fsp3) is 1.00. The molecule has 0 aromatic carbocycles. The molecule has 0 N–H and O–H groups in total. The van der Waals surface area contributed by atoms with E-state index in [1.165, 1.54) is 7.11 Å². The van der Waals surface area contributed by atoms with Crippen LogP contribution >= 0.6 is 7.60 Å². The van der Waals surface area contributed by atoms with Gasteiger partial charge in [-0.25, -0.2) is 0 Å². The lowest BCUT2D eigenvalue weighted by Crippen LogP contribution is -1.98. The Labute approximate surface area is 75.0 Å². The van der Waals surface area contributed by atoms with Crippen LogP contribution in [0.15, 0.2) is 0 Å². The molecule has 0 saturated carbocycles. The van der Waals surface area contributed by atoms with Crippen LogP contribution in [0, 0.1) is 0 Å². The highest BCUT2D eigenvalue weighted by molar-refractivity contribution is 7.53. The third kappa shape index (κ3) is 4.91. The van der Waals surface area contributed by atoms with E-state index in [0.717, 1.165) is 19.3 Å². The molecule has 0 aliphatic heterocycles. The SMILES string of the molecule is CCCCP(=O)(OC)OCCC. The zero-order valence-electron chi connectivity index (χ0n) is 8.21. The molecule has 3 nitrogen and oxygen atoms in total. The van der Waals surface area contributed by atoms with E-state index in [1.54, 1.807) is 0 Å². The minimum Gasteiger partial charge on any atom is -0.312 e. The van der Waals surface area contributed by atoms with Crippen LogP contribution in [-0.2, 0) is 13.6 Å². The van der Waals surface area contributed by atoms with Crippen molar-refractivity contribution in [1.29, 1.82) is 0 Å². The highest BCUT2D eigenvalue weighted by Gasteiger charge is 2.20. The number of hydrogen-bond donors (Lipinski definition) is 0. The summed E-state index contributed by atoms with van der Waals surface area (Å²) >= 11 is 0. The fourth-order valence-corrected chi connectivity index (χ4v) is 2.37. The first-order chi connectivity index (χ1) is 5.68. The van der Waals surface area contributed by atoms with Crippen molar-refractivity contribution in [2.45, 2.75) is 33.1 Å². The molecule has 0 bridgehead atoms. The van der Waals surface area contributed by atoms with E-state index in [4.69, 9.17) is 9.05 Å². The maximum atomic E-state index is 11.7. The topological polar surface area (TPSA) is 35.5 Å². The van der Waals surface area contributed by atoms with Crippen LogP contribution in [0.25, 0.3) is 0 Å². The number of unbranched alkanes of at least 4 members (excludes halogenated alkanes) is 1. The minimum atomic E-state index is -2.73. The molecule has 0 rings (SSSR count). The molecular weight excluding hydrogens is 175 g/mol. The van der Waals surface area contributed by atoms with Crippen molar-refractivity contribution in [1.82, 2.24) is 0 Å². The van der Waals surface area contributed by atoms with E-state index in [2.05, 4.69) is 6.92 Å². The molecule has 0 heterocycles. The normalized spacial score (nSPS) is 15.9. The van der Waals surface area contributed by atoms with E-state index in [-0.39, 0.29) is 0 Å². The van der Waals surface area contributed by atoms with Crippen molar-refractivity contribution in [3.63, 3.8) is 0 Å². The summed E-state index contributed by atoms with van der Waals surface area (Å²) in [5.74, 6) is 0. The highest BCUT2D eigenvalue weighted by atomic mass is 31.2. The van der Waals surface area contributed by atoms with Gasteiger partial charge in [0.2, 0.25) is 0 Å². The predicted molar refractivity (Wildman–Crippen MR) is 50.6 cm³/mol. The van der Waals surface area contributed by atoms with Gasteiger partial charge in [0.25, 0.3) is 0 Å². The molecule has 1 atom stereocenters. The van der Waals surface area contributed by atoms with Crippen LogP contribution in [-0.4, -0.2) is 19.9 Å². The lowest BCUT2D eigenvalue weighted by atomic mass is 10.4. The van der Waals surface area contributed by atoms with Gasteiger partial charge in [0, 0.05) is 7.11 Å². The summed E-state index contributed by atoms with van der Waals surface area (Å²) in [7, 11) is -1.28. The summed E-state index contributed by atoms with van der Waals surface area (Å²) in [6.45, 7) is 4.56. The second kappa shape index (κ2) is 6.64. The molecular formula is C8H19O3P. The highest BCUT2D eigenvalue weighted by Crippen LogP contribution is 2.47. The Hall–Kier alpha value is 0.150. The van der Waals surface area contributed by atoms with E-state index in [0.29, 0.717) is 12.8 Å². The molecule has 0 aliphatic rings. The number of hydrogen-bond acceptors (Lipinski definition) is 3. The Balaban J connectivity index is 3.79. The zero-order valence-corrected chi connectivity index (χ0v) is 9.10. The Morgan fingerprint density at radius 3 is 2.33 bits per heavy atom. The average molecular weight is 194 g/mol. The maximum absolute atomic E-state index is 11.7. The van der Waals surface area contributed by atoms with Crippen LogP contribution < -0.4 is 0 Å². The lowest BCUT2D eigenvalue weighted by Gasteiger charge is -2.14. The standard InChI is InChI=1S/C8H19O3P/c1-4-6-8-12(9,10-3)11-7-5-2/h4-8H2,1-3H3. The van der Waals surface area contributed by atoms with Gasteiger partial charge in [0.15, 0.2) is 0 Å². The lowest BCUT2D eigenvalue weighted by molar-refractivity contribution is 0.233. The van der Waals surface area contributed by atoms with Crippen molar-refractivity contribution in [3.8, 4) is 0 Å². The summed E-state index contributed by atoms with van der Waals surface area (Å²) < 4.78 is 21.7. The largest absolute Gasteiger partial charge is 0.330 e. The summed E-state index contributed by atoms with van der Waals surface area (Å²) in [4.78, 5) is 0. The van der Waals surface area contributed by atoms with E-state index < -0.39 is 7.60 Å².